The lowest BCUT2D eigenvalue weighted by atomic mass is 10.2. The first-order valence-electron chi connectivity index (χ1n) is 7.05. The summed E-state index contributed by atoms with van der Waals surface area (Å²) in [4.78, 5) is 10.8. The molecule has 6 heteroatoms. The molecule has 2 aromatic carbocycles. The molecule has 0 spiro atoms. The van der Waals surface area contributed by atoms with Crippen molar-refractivity contribution < 1.29 is 23.7 Å². The van der Waals surface area contributed by atoms with Gasteiger partial charge in [0.2, 0.25) is 0 Å². The Bertz CT molecular complexity index is 729. The smallest absolute Gasteiger partial charge is 0.162 e. The van der Waals surface area contributed by atoms with E-state index in [2.05, 4.69) is 15.9 Å². The minimum atomic E-state index is 0.327. The zero-order valence-corrected chi connectivity index (χ0v) is 14.1. The largest absolute Gasteiger partial charge is 0.493 e. The summed E-state index contributed by atoms with van der Waals surface area (Å²) in [5, 5.41) is 0. The fraction of sp³-hybridized carbons (Fsp3) is 0.235. The average molecular weight is 379 g/mol. The molecule has 1 heterocycles. The number of benzene rings is 2. The van der Waals surface area contributed by atoms with E-state index in [1.54, 1.807) is 18.2 Å². The molecule has 0 amide bonds. The summed E-state index contributed by atoms with van der Waals surface area (Å²) in [6.45, 7) is 1.42. The second-order valence-electron chi connectivity index (χ2n) is 4.90. The SMILES string of the molecule is COc1cc(C=O)ccc1OCc1cc2c(cc1Br)OCCO2. The maximum absolute atomic E-state index is 10.8. The van der Waals surface area contributed by atoms with Crippen LogP contribution in [-0.2, 0) is 6.61 Å². The van der Waals surface area contributed by atoms with Crippen molar-refractivity contribution in [3.05, 3.63) is 45.9 Å². The summed E-state index contributed by atoms with van der Waals surface area (Å²) in [7, 11) is 1.54. The fourth-order valence-corrected chi connectivity index (χ4v) is 2.69. The highest BCUT2D eigenvalue weighted by Gasteiger charge is 2.15. The molecule has 0 aromatic heterocycles. The van der Waals surface area contributed by atoms with Crippen LogP contribution >= 0.6 is 15.9 Å². The van der Waals surface area contributed by atoms with E-state index in [-0.39, 0.29) is 0 Å². The predicted molar refractivity (Wildman–Crippen MR) is 87.8 cm³/mol. The number of hydrogen-bond acceptors (Lipinski definition) is 5. The van der Waals surface area contributed by atoms with E-state index in [0.717, 1.165) is 22.1 Å². The number of halogens is 1. The summed E-state index contributed by atoms with van der Waals surface area (Å²) >= 11 is 3.51. The predicted octanol–water partition coefficient (Wildman–Crippen LogP) is 3.62. The van der Waals surface area contributed by atoms with Gasteiger partial charge in [0.1, 0.15) is 26.1 Å². The number of ether oxygens (including phenoxy) is 4. The van der Waals surface area contributed by atoms with Gasteiger partial charge in [0.05, 0.1) is 7.11 Å². The normalized spacial score (nSPS) is 12.6. The summed E-state index contributed by atoms with van der Waals surface area (Å²) in [6.07, 6.45) is 0.768. The Labute approximate surface area is 142 Å². The van der Waals surface area contributed by atoms with E-state index in [9.17, 15) is 4.79 Å². The zero-order valence-electron chi connectivity index (χ0n) is 12.5. The molecule has 2 aromatic rings. The van der Waals surface area contributed by atoms with E-state index in [4.69, 9.17) is 18.9 Å². The minimum Gasteiger partial charge on any atom is -0.493 e. The van der Waals surface area contributed by atoms with E-state index >= 15 is 0 Å². The first-order chi connectivity index (χ1) is 11.2. The van der Waals surface area contributed by atoms with E-state index in [1.165, 1.54) is 7.11 Å². The molecule has 0 saturated carbocycles. The molecule has 5 nitrogen and oxygen atoms in total. The van der Waals surface area contributed by atoms with Gasteiger partial charge in [-0.3, -0.25) is 4.79 Å². The van der Waals surface area contributed by atoms with Crippen LogP contribution in [0.2, 0.25) is 0 Å². The number of methoxy groups -OCH3 is 1. The lowest BCUT2D eigenvalue weighted by molar-refractivity contribution is 0.112. The van der Waals surface area contributed by atoms with Crippen LogP contribution in [0.1, 0.15) is 15.9 Å². The van der Waals surface area contributed by atoms with Crippen molar-refractivity contribution in [1.29, 1.82) is 0 Å². The highest BCUT2D eigenvalue weighted by Crippen LogP contribution is 2.36. The van der Waals surface area contributed by atoms with Gasteiger partial charge < -0.3 is 18.9 Å². The van der Waals surface area contributed by atoms with Crippen molar-refractivity contribution >= 4 is 22.2 Å². The quantitative estimate of drug-likeness (QED) is 0.743. The maximum Gasteiger partial charge on any atom is 0.162 e. The van der Waals surface area contributed by atoms with Gasteiger partial charge in [-0.1, -0.05) is 15.9 Å². The molecule has 0 bridgehead atoms. The highest BCUT2D eigenvalue weighted by atomic mass is 79.9. The second-order valence-corrected chi connectivity index (χ2v) is 5.76. The van der Waals surface area contributed by atoms with Crippen LogP contribution in [0.15, 0.2) is 34.8 Å². The number of hydrogen-bond donors (Lipinski definition) is 0. The fourth-order valence-electron chi connectivity index (χ4n) is 2.25. The van der Waals surface area contributed by atoms with Crippen LogP contribution in [0.4, 0.5) is 0 Å². The molecular formula is C17H15BrO5. The molecule has 0 N–H and O–H groups in total. The van der Waals surface area contributed by atoms with Crippen LogP contribution in [0.5, 0.6) is 23.0 Å². The van der Waals surface area contributed by atoms with Crippen molar-refractivity contribution in [1.82, 2.24) is 0 Å². The monoisotopic (exact) mass is 378 g/mol. The van der Waals surface area contributed by atoms with E-state index < -0.39 is 0 Å². The topological polar surface area (TPSA) is 54.0 Å². The van der Waals surface area contributed by atoms with Crippen molar-refractivity contribution in [3.8, 4) is 23.0 Å². The number of fused-ring (bicyclic) bond motifs is 1. The molecule has 0 unspecified atom stereocenters. The van der Waals surface area contributed by atoms with Crippen molar-refractivity contribution in [2.75, 3.05) is 20.3 Å². The van der Waals surface area contributed by atoms with E-state index in [0.29, 0.717) is 42.6 Å². The number of aldehydes is 1. The Morgan fingerprint density at radius 1 is 1.13 bits per heavy atom. The average Bonchev–Trinajstić information content (AvgIpc) is 2.59. The Balaban J connectivity index is 1.79. The third-order valence-corrected chi connectivity index (χ3v) is 4.16. The van der Waals surface area contributed by atoms with Gasteiger partial charge in [-0.05, 0) is 30.3 Å². The summed E-state index contributed by atoms with van der Waals surface area (Å²) in [5.41, 5.74) is 1.46. The second kappa shape index (κ2) is 6.91. The first-order valence-corrected chi connectivity index (χ1v) is 7.84. The summed E-state index contributed by atoms with van der Waals surface area (Å²) in [6, 6.07) is 8.81. The molecule has 1 aliphatic rings. The van der Waals surface area contributed by atoms with Crippen LogP contribution in [0.25, 0.3) is 0 Å². The minimum absolute atomic E-state index is 0.327. The van der Waals surface area contributed by atoms with Crippen LogP contribution in [0, 0.1) is 0 Å². The Kier molecular flexibility index (Phi) is 4.71. The molecule has 0 radical (unpaired) electrons. The van der Waals surface area contributed by atoms with Gasteiger partial charge in [0, 0.05) is 15.6 Å². The molecule has 0 atom stereocenters. The van der Waals surface area contributed by atoms with Crippen molar-refractivity contribution in [3.63, 3.8) is 0 Å². The summed E-state index contributed by atoms with van der Waals surface area (Å²) < 4.78 is 23.1. The van der Waals surface area contributed by atoms with E-state index in [1.807, 2.05) is 12.1 Å². The Morgan fingerprint density at radius 3 is 2.57 bits per heavy atom. The van der Waals surface area contributed by atoms with Crippen LogP contribution in [0.3, 0.4) is 0 Å². The molecule has 0 saturated heterocycles. The first kappa shape index (κ1) is 15.7. The molecule has 1 aliphatic heterocycles. The third kappa shape index (κ3) is 3.42. The Hall–Kier alpha value is -2.21. The lowest BCUT2D eigenvalue weighted by Crippen LogP contribution is -2.15. The molecule has 0 aliphatic carbocycles. The third-order valence-electron chi connectivity index (χ3n) is 3.42. The maximum atomic E-state index is 10.8. The number of carbonyl (C=O) groups is 1. The molecule has 23 heavy (non-hydrogen) atoms. The molecule has 0 fully saturated rings. The number of carbonyl (C=O) groups excluding carboxylic acids is 1. The molecular weight excluding hydrogens is 364 g/mol. The molecule has 120 valence electrons. The van der Waals surface area contributed by atoms with Crippen LogP contribution < -0.4 is 18.9 Å². The highest BCUT2D eigenvalue weighted by molar-refractivity contribution is 9.10. The molecule has 3 rings (SSSR count). The zero-order chi connectivity index (χ0) is 16.2. The standard InChI is InChI=1S/C17H15BrO5/c1-20-15-6-11(9-19)2-3-14(15)23-10-12-7-16-17(8-13(12)18)22-5-4-21-16/h2-3,6-9H,4-5,10H2,1H3. The lowest BCUT2D eigenvalue weighted by Gasteiger charge is -2.20. The van der Waals surface area contributed by atoms with Gasteiger partial charge in [0.25, 0.3) is 0 Å². The van der Waals surface area contributed by atoms with Gasteiger partial charge in [-0.15, -0.1) is 0 Å². The Morgan fingerprint density at radius 2 is 1.87 bits per heavy atom. The van der Waals surface area contributed by atoms with Gasteiger partial charge in [-0.25, -0.2) is 0 Å². The van der Waals surface area contributed by atoms with Crippen molar-refractivity contribution in [2.24, 2.45) is 0 Å². The van der Waals surface area contributed by atoms with Crippen LogP contribution in [-0.4, -0.2) is 26.6 Å². The number of rotatable bonds is 5. The van der Waals surface area contributed by atoms with Gasteiger partial charge in [0.15, 0.2) is 23.0 Å². The van der Waals surface area contributed by atoms with Crippen molar-refractivity contribution in [2.45, 2.75) is 6.61 Å². The van der Waals surface area contributed by atoms with Gasteiger partial charge in [-0.2, -0.15) is 0 Å². The van der Waals surface area contributed by atoms with Gasteiger partial charge >= 0.3 is 0 Å². The summed E-state index contributed by atoms with van der Waals surface area (Å²) in [5.74, 6) is 2.52.